The molecule has 0 aliphatic rings. The molecule has 1 unspecified atom stereocenters. The standard InChI is InChI=1S/C14H15BrN2O3/c1-19-13-4-3-10(15)5-9(13)6-12(18)11-7-14(20-2)17-8-16-11/h3-5,7-8,12,18H,6H2,1-2H3. The lowest BCUT2D eigenvalue weighted by atomic mass is 10.0. The number of methoxy groups -OCH3 is 2. The fourth-order valence-corrected chi connectivity index (χ4v) is 2.28. The molecule has 0 aliphatic heterocycles. The summed E-state index contributed by atoms with van der Waals surface area (Å²) in [5.74, 6) is 1.16. The summed E-state index contributed by atoms with van der Waals surface area (Å²) in [5.41, 5.74) is 1.41. The third-order valence-corrected chi connectivity index (χ3v) is 3.36. The highest BCUT2D eigenvalue weighted by atomic mass is 79.9. The van der Waals surface area contributed by atoms with Gasteiger partial charge in [0.25, 0.3) is 0 Å². The highest BCUT2D eigenvalue weighted by Gasteiger charge is 2.14. The van der Waals surface area contributed by atoms with Gasteiger partial charge in [0.05, 0.1) is 19.9 Å². The summed E-state index contributed by atoms with van der Waals surface area (Å²) < 4.78 is 11.2. The maximum atomic E-state index is 10.3. The molecule has 0 aliphatic carbocycles. The van der Waals surface area contributed by atoms with Crippen molar-refractivity contribution in [3.05, 3.63) is 46.3 Å². The summed E-state index contributed by atoms with van der Waals surface area (Å²) in [4.78, 5) is 7.99. The highest BCUT2D eigenvalue weighted by molar-refractivity contribution is 9.10. The van der Waals surface area contributed by atoms with E-state index in [2.05, 4.69) is 25.9 Å². The Morgan fingerprint density at radius 1 is 1.20 bits per heavy atom. The lowest BCUT2D eigenvalue weighted by molar-refractivity contribution is 0.171. The predicted octanol–water partition coefficient (Wildman–Crippen LogP) is 2.53. The first-order valence-electron chi connectivity index (χ1n) is 6.00. The molecule has 0 fully saturated rings. The van der Waals surface area contributed by atoms with Crippen LogP contribution in [0.3, 0.4) is 0 Å². The summed E-state index contributed by atoms with van der Waals surface area (Å²) in [5, 5.41) is 10.3. The van der Waals surface area contributed by atoms with Crippen molar-refractivity contribution in [2.45, 2.75) is 12.5 Å². The van der Waals surface area contributed by atoms with E-state index >= 15 is 0 Å². The van der Waals surface area contributed by atoms with Gasteiger partial charge in [-0.2, -0.15) is 0 Å². The number of aliphatic hydroxyl groups is 1. The van der Waals surface area contributed by atoms with Gasteiger partial charge in [-0.15, -0.1) is 0 Å². The van der Waals surface area contributed by atoms with Crippen molar-refractivity contribution in [2.24, 2.45) is 0 Å². The molecule has 0 radical (unpaired) electrons. The van der Waals surface area contributed by atoms with Gasteiger partial charge in [-0.25, -0.2) is 9.97 Å². The molecular weight excluding hydrogens is 324 g/mol. The summed E-state index contributed by atoms with van der Waals surface area (Å²) in [7, 11) is 3.13. The van der Waals surface area contributed by atoms with E-state index in [1.54, 1.807) is 13.2 Å². The molecule has 1 N–H and O–H groups in total. The molecule has 1 atom stereocenters. The van der Waals surface area contributed by atoms with E-state index in [1.807, 2.05) is 18.2 Å². The average Bonchev–Trinajstić information content (AvgIpc) is 2.47. The second-order valence-electron chi connectivity index (χ2n) is 4.16. The number of aliphatic hydroxyl groups excluding tert-OH is 1. The smallest absolute Gasteiger partial charge is 0.216 e. The molecule has 2 aromatic rings. The minimum atomic E-state index is -0.755. The second kappa shape index (κ2) is 6.67. The normalized spacial score (nSPS) is 12.0. The number of hydrogen-bond acceptors (Lipinski definition) is 5. The van der Waals surface area contributed by atoms with E-state index in [4.69, 9.17) is 9.47 Å². The van der Waals surface area contributed by atoms with E-state index in [0.29, 0.717) is 18.0 Å². The number of benzene rings is 1. The van der Waals surface area contributed by atoms with Gasteiger partial charge in [0.15, 0.2) is 0 Å². The molecular formula is C14H15BrN2O3. The third kappa shape index (κ3) is 3.46. The van der Waals surface area contributed by atoms with Gasteiger partial charge < -0.3 is 14.6 Å². The fraction of sp³-hybridized carbons (Fsp3) is 0.286. The molecule has 2 rings (SSSR count). The first-order valence-corrected chi connectivity index (χ1v) is 6.79. The summed E-state index contributed by atoms with van der Waals surface area (Å²) >= 11 is 3.41. The Bertz CT molecular complexity index is 592. The summed E-state index contributed by atoms with van der Waals surface area (Å²) in [6, 6.07) is 7.28. The van der Waals surface area contributed by atoms with Gasteiger partial charge in [-0.1, -0.05) is 15.9 Å². The lowest BCUT2D eigenvalue weighted by Crippen LogP contribution is -2.06. The molecule has 0 saturated carbocycles. The topological polar surface area (TPSA) is 64.5 Å². The van der Waals surface area contributed by atoms with Crippen molar-refractivity contribution in [2.75, 3.05) is 14.2 Å². The number of ether oxygens (including phenoxy) is 2. The van der Waals surface area contributed by atoms with E-state index in [0.717, 1.165) is 15.8 Å². The monoisotopic (exact) mass is 338 g/mol. The molecule has 106 valence electrons. The zero-order valence-corrected chi connectivity index (χ0v) is 12.8. The average molecular weight is 339 g/mol. The molecule has 0 amide bonds. The Kier molecular flexibility index (Phi) is 4.92. The van der Waals surface area contributed by atoms with Crippen molar-refractivity contribution in [3.63, 3.8) is 0 Å². The van der Waals surface area contributed by atoms with Gasteiger partial charge in [-0.05, 0) is 23.8 Å². The second-order valence-corrected chi connectivity index (χ2v) is 5.08. The summed E-state index contributed by atoms with van der Waals surface area (Å²) in [6.07, 6.45) is 1.01. The maximum Gasteiger partial charge on any atom is 0.216 e. The zero-order valence-electron chi connectivity index (χ0n) is 11.2. The SMILES string of the molecule is COc1cc(C(O)Cc2cc(Br)ccc2OC)ncn1. The quantitative estimate of drug-likeness (QED) is 0.907. The van der Waals surface area contributed by atoms with Gasteiger partial charge in [-0.3, -0.25) is 0 Å². The van der Waals surface area contributed by atoms with Crippen LogP contribution >= 0.6 is 15.9 Å². The van der Waals surface area contributed by atoms with Crippen LogP contribution in [0.4, 0.5) is 0 Å². The van der Waals surface area contributed by atoms with Crippen molar-refractivity contribution >= 4 is 15.9 Å². The fourth-order valence-electron chi connectivity index (χ4n) is 1.87. The number of nitrogens with zero attached hydrogens (tertiary/aromatic N) is 2. The zero-order chi connectivity index (χ0) is 14.5. The van der Waals surface area contributed by atoms with Crippen molar-refractivity contribution in [1.82, 2.24) is 9.97 Å². The molecule has 20 heavy (non-hydrogen) atoms. The van der Waals surface area contributed by atoms with Crippen LogP contribution in [-0.4, -0.2) is 29.3 Å². The molecule has 0 saturated heterocycles. The Hall–Kier alpha value is -1.66. The maximum absolute atomic E-state index is 10.3. The van der Waals surface area contributed by atoms with Crippen LogP contribution in [-0.2, 0) is 6.42 Å². The third-order valence-electron chi connectivity index (χ3n) is 2.87. The molecule has 1 heterocycles. The Morgan fingerprint density at radius 3 is 2.70 bits per heavy atom. The molecule has 0 spiro atoms. The first kappa shape index (κ1) is 14.7. The minimum Gasteiger partial charge on any atom is -0.496 e. The van der Waals surface area contributed by atoms with E-state index in [1.165, 1.54) is 13.4 Å². The number of rotatable bonds is 5. The van der Waals surface area contributed by atoms with Gasteiger partial charge in [0.1, 0.15) is 18.2 Å². The highest BCUT2D eigenvalue weighted by Crippen LogP contribution is 2.27. The Labute approximate surface area is 125 Å². The van der Waals surface area contributed by atoms with Crippen molar-refractivity contribution < 1.29 is 14.6 Å². The number of aromatic nitrogens is 2. The minimum absolute atomic E-state index is 0.392. The van der Waals surface area contributed by atoms with E-state index < -0.39 is 6.10 Å². The largest absolute Gasteiger partial charge is 0.496 e. The molecule has 6 heteroatoms. The van der Waals surface area contributed by atoms with Gasteiger partial charge >= 0.3 is 0 Å². The van der Waals surface area contributed by atoms with Crippen LogP contribution in [0.2, 0.25) is 0 Å². The number of halogens is 1. The predicted molar refractivity (Wildman–Crippen MR) is 77.9 cm³/mol. The van der Waals surface area contributed by atoms with E-state index in [-0.39, 0.29) is 0 Å². The lowest BCUT2D eigenvalue weighted by Gasteiger charge is -2.13. The van der Waals surface area contributed by atoms with Crippen LogP contribution < -0.4 is 9.47 Å². The van der Waals surface area contributed by atoms with Crippen LogP contribution in [0.25, 0.3) is 0 Å². The van der Waals surface area contributed by atoms with E-state index in [9.17, 15) is 5.11 Å². The van der Waals surface area contributed by atoms with Crippen LogP contribution in [0, 0.1) is 0 Å². The molecule has 1 aromatic carbocycles. The van der Waals surface area contributed by atoms with Gasteiger partial charge in [0, 0.05) is 17.0 Å². The molecule has 5 nitrogen and oxygen atoms in total. The molecule has 1 aromatic heterocycles. The van der Waals surface area contributed by atoms with Gasteiger partial charge in [0.2, 0.25) is 5.88 Å². The Morgan fingerprint density at radius 2 is 2.00 bits per heavy atom. The van der Waals surface area contributed by atoms with Crippen molar-refractivity contribution in [1.29, 1.82) is 0 Å². The summed E-state index contributed by atoms with van der Waals surface area (Å²) in [6.45, 7) is 0. The Balaban J connectivity index is 2.22. The molecule has 0 bridgehead atoms. The van der Waals surface area contributed by atoms with Crippen LogP contribution in [0.1, 0.15) is 17.4 Å². The van der Waals surface area contributed by atoms with Crippen LogP contribution in [0.5, 0.6) is 11.6 Å². The first-order chi connectivity index (χ1) is 9.63. The number of hydrogen-bond donors (Lipinski definition) is 1. The van der Waals surface area contributed by atoms with Crippen LogP contribution in [0.15, 0.2) is 35.1 Å². The van der Waals surface area contributed by atoms with Crippen molar-refractivity contribution in [3.8, 4) is 11.6 Å².